The first-order chi connectivity index (χ1) is 13.6. The first-order valence-electron chi connectivity index (χ1n) is 9.26. The molecule has 0 aliphatic rings. The molecule has 140 valence electrons. The number of para-hydroxylation sites is 1. The van der Waals surface area contributed by atoms with Crippen LogP contribution in [0.4, 0.5) is 10.1 Å². The summed E-state index contributed by atoms with van der Waals surface area (Å²) in [6, 6.07) is 20.7. The molecule has 0 atom stereocenters. The fraction of sp³-hybridized carbons (Fsp3) is 0.125. The number of benzene rings is 3. The van der Waals surface area contributed by atoms with Crippen LogP contribution in [-0.2, 0) is 0 Å². The summed E-state index contributed by atoms with van der Waals surface area (Å²) in [5.74, 6) is 0.550. The highest BCUT2D eigenvalue weighted by molar-refractivity contribution is 5.95. The van der Waals surface area contributed by atoms with Crippen molar-refractivity contribution in [1.29, 1.82) is 0 Å². The Morgan fingerprint density at radius 3 is 2.43 bits per heavy atom. The lowest BCUT2D eigenvalue weighted by molar-refractivity contribution is 0.341. The van der Waals surface area contributed by atoms with Crippen molar-refractivity contribution >= 4 is 16.6 Å². The molecule has 2 N–H and O–H groups in total. The highest BCUT2D eigenvalue weighted by Gasteiger charge is 2.13. The molecule has 0 saturated carbocycles. The average Bonchev–Trinajstić information content (AvgIpc) is 2.72. The van der Waals surface area contributed by atoms with Crippen LogP contribution in [0.15, 0.2) is 66.7 Å². The van der Waals surface area contributed by atoms with Crippen LogP contribution >= 0.6 is 0 Å². The zero-order valence-electron chi connectivity index (χ0n) is 15.9. The molecule has 4 heteroatoms. The highest BCUT2D eigenvalue weighted by Crippen LogP contribution is 2.34. The van der Waals surface area contributed by atoms with Gasteiger partial charge in [0.1, 0.15) is 11.6 Å². The van der Waals surface area contributed by atoms with E-state index in [-0.39, 0.29) is 5.82 Å². The van der Waals surface area contributed by atoms with E-state index >= 15 is 0 Å². The molecule has 1 aromatic heterocycles. The minimum Gasteiger partial charge on any atom is -0.493 e. The SMILES string of the molecule is CCOc1ccccc1-c1ccc(-c2nc3ccc(F)cc3c(N)c2C)cc1. The molecule has 0 unspecified atom stereocenters. The molecule has 28 heavy (non-hydrogen) atoms. The third-order valence-electron chi connectivity index (χ3n) is 4.90. The van der Waals surface area contributed by atoms with Gasteiger partial charge in [0.15, 0.2) is 0 Å². The molecule has 0 amide bonds. The molecular weight excluding hydrogens is 351 g/mol. The number of aromatic nitrogens is 1. The van der Waals surface area contributed by atoms with Crippen LogP contribution in [-0.4, -0.2) is 11.6 Å². The molecule has 0 bridgehead atoms. The van der Waals surface area contributed by atoms with E-state index in [4.69, 9.17) is 15.5 Å². The lowest BCUT2D eigenvalue weighted by atomic mass is 9.98. The summed E-state index contributed by atoms with van der Waals surface area (Å²) in [6.07, 6.45) is 0. The lowest BCUT2D eigenvalue weighted by Crippen LogP contribution is -1.98. The second-order valence-corrected chi connectivity index (χ2v) is 6.67. The van der Waals surface area contributed by atoms with Gasteiger partial charge in [-0.05, 0) is 49.2 Å². The van der Waals surface area contributed by atoms with E-state index in [0.29, 0.717) is 23.2 Å². The van der Waals surface area contributed by atoms with Crippen LogP contribution in [0.2, 0.25) is 0 Å². The average molecular weight is 372 g/mol. The fourth-order valence-corrected chi connectivity index (χ4v) is 3.43. The molecule has 0 aliphatic heterocycles. The van der Waals surface area contributed by atoms with Gasteiger partial charge in [-0.3, -0.25) is 0 Å². The molecule has 4 rings (SSSR count). The summed E-state index contributed by atoms with van der Waals surface area (Å²) in [4.78, 5) is 4.72. The zero-order valence-corrected chi connectivity index (χ0v) is 15.9. The Balaban J connectivity index is 1.78. The smallest absolute Gasteiger partial charge is 0.127 e. The van der Waals surface area contributed by atoms with Gasteiger partial charge in [0, 0.05) is 22.2 Å². The third-order valence-corrected chi connectivity index (χ3v) is 4.90. The lowest BCUT2D eigenvalue weighted by Gasteiger charge is -2.13. The summed E-state index contributed by atoms with van der Waals surface area (Å²) in [5, 5.41) is 0.642. The zero-order chi connectivity index (χ0) is 19.7. The van der Waals surface area contributed by atoms with Crippen LogP contribution in [0.3, 0.4) is 0 Å². The first kappa shape index (κ1) is 18.0. The monoisotopic (exact) mass is 372 g/mol. The molecule has 3 aromatic carbocycles. The van der Waals surface area contributed by atoms with Crippen LogP contribution < -0.4 is 10.5 Å². The summed E-state index contributed by atoms with van der Waals surface area (Å²) in [7, 11) is 0. The van der Waals surface area contributed by atoms with Crippen LogP contribution in [0.5, 0.6) is 5.75 Å². The van der Waals surface area contributed by atoms with E-state index in [1.807, 2.05) is 50.2 Å². The van der Waals surface area contributed by atoms with Crippen molar-refractivity contribution < 1.29 is 9.13 Å². The Kier molecular flexibility index (Phi) is 4.70. The number of nitrogens with zero attached hydrogens (tertiary/aromatic N) is 1. The number of anilines is 1. The second kappa shape index (κ2) is 7.31. The topological polar surface area (TPSA) is 48.1 Å². The minimum atomic E-state index is -0.314. The quantitative estimate of drug-likeness (QED) is 0.478. The van der Waals surface area contributed by atoms with Gasteiger partial charge >= 0.3 is 0 Å². The van der Waals surface area contributed by atoms with E-state index in [1.54, 1.807) is 6.07 Å². The highest BCUT2D eigenvalue weighted by atomic mass is 19.1. The Bertz CT molecular complexity index is 1150. The molecule has 1 heterocycles. The number of nitrogens with two attached hydrogens (primary N) is 1. The van der Waals surface area contributed by atoms with Gasteiger partial charge in [0.2, 0.25) is 0 Å². The van der Waals surface area contributed by atoms with E-state index < -0.39 is 0 Å². The van der Waals surface area contributed by atoms with Crippen LogP contribution in [0.25, 0.3) is 33.3 Å². The fourth-order valence-electron chi connectivity index (χ4n) is 3.43. The van der Waals surface area contributed by atoms with Crippen molar-refractivity contribution in [3.05, 3.63) is 78.1 Å². The van der Waals surface area contributed by atoms with Crippen molar-refractivity contribution in [1.82, 2.24) is 4.98 Å². The predicted molar refractivity (Wildman–Crippen MR) is 113 cm³/mol. The van der Waals surface area contributed by atoms with Crippen molar-refractivity contribution in [3.63, 3.8) is 0 Å². The summed E-state index contributed by atoms with van der Waals surface area (Å²) in [5.41, 5.74) is 12.3. The van der Waals surface area contributed by atoms with Crippen molar-refractivity contribution in [2.45, 2.75) is 13.8 Å². The maximum absolute atomic E-state index is 13.6. The Labute approximate surface area is 163 Å². The number of fused-ring (bicyclic) bond motifs is 1. The van der Waals surface area contributed by atoms with Crippen molar-refractivity contribution in [2.24, 2.45) is 0 Å². The summed E-state index contributed by atoms with van der Waals surface area (Å²) in [6.45, 7) is 4.51. The minimum absolute atomic E-state index is 0.314. The Hall–Kier alpha value is -3.40. The van der Waals surface area contributed by atoms with Gasteiger partial charge < -0.3 is 10.5 Å². The number of halogens is 1. The number of ether oxygens (including phenoxy) is 1. The van der Waals surface area contributed by atoms with Gasteiger partial charge in [-0.25, -0.2) is 9.37 Å². The molecule has 0 radical (unpaired) electrons. The first-order valence-corrected chi connectivity index (χ1v) is 9.26. The summed E-state index contributed by atoms with van der Waals surface area (Å²) < 4.78 is 19.3. The number of nitrogen functional groups attached to an aromatic ring is 1. The second-order valence-electron chi connectivity index (χ2n) is 6.67. The molecule has 3 nitrogen and oxygen atoms in total. The van der Waals surface area contributed by atoms with Gasteiger partial charge in [0.25, 0.3) is 0 Å². The summed E-state index contributed by atoms with van der Waals surface area (Å²) >= 11 is 0. The van der Waals surface area contributed by atoms with E-state index in [0.717, 1.165) is 33.7 Å². The molecule has 0 spiro atoms. The molecule has 0 aliphatic carbocycles. The normalized spacial score (nSPS) is 11.0. The molecule has 0 saturated heterocycles. The molecular formula is C24H21FN2O. The van der Waals surface area contributed by atoms with Gasteiger partial charge in [-0.15, -0.1) is 0 Å². The van der Waals surface area contributed by atoms with E-state index in [1.165, 1.54) is 12.1 Å². The maximum atomic E-state index is 13.6. The number of pyridine rings is 1. The number of rotatable bonds is 4. The van der Waals surface area contributed by atoms with Gasteiger partial charge in [-0.2, -0.15) is 0 Å². The largest absolute Gasteiger partial charge is 0.493 e. The van der Waals surface area contributed by atoms with Gasteiger partial charge in [0.05, 0.1) is 17.8 Å². The Morgan fingerprint density at radius 2 is 1.68 bits per heavy atom. The standard InChI is InChI=1S/C24H21FN2O/c1-3-28-22-7-5-4-6-19(22)16-8-10-17(11-9-16)24-15(2)23(26)20-14-18(25)12-13-21(20)27-24/h4-14H,3H2,1-2H3,(H2,26,27). The maximum Gasteiger partial charge on any atom is 0.127 e. The van der Waals surface area contributed by atoms with Crippen LogP contribution in [0, 0.1) is 12.7 Å². The molecule has 0 fully saturated rings. The van der Waals surface area contributed by atoms with Crippen molar-refractivity contribution in [2.75, 3.05) is 12.3 Å². The van der Waals surface area contributed by atoms with E-state index in [2.05, 4.69) is 12.1 Å². The van der Waals surface area contributed by atoms with Crippen LogP contribution in [0.1, 0.15) is 12.5 Å². The third kappa shape index (κ3) is 3.18. The Morgan fingerprint density at radius 1 is 0.964 bits per heavy atom. The molecule has 4 aromatic rings. The van der Waals surface area contributed by atoms with Crippen molar-refractivity contribution in [3.8, 4) is 28.1 Å². The number of hydrogen-bond donors (Lipinski definition) is 1. The number of hydrogen-bond acceptors (Lipinski definition) is 3. The predicted octanol–water partition coefficient (Wildman–Crippen LogP) is 6.00. The van der Waals surface area contributed by atoms with E-state index in [9.17, 15) is 4.39 Å². The van der Waals surface area contributed by atoms with Gasteiger partial charge in [-0.1, -0.05) is 42.5 Å².